The minimum atomic E-state index is -0.395. The van der Waals surface area contributed by atoms with E-state index in [-0.39, 0.29) is 11.9 Å². The summed E-state index contributed by atoms with van der Waals surface area (Å²) in [5.41, 5.74) is 1.72. The smallest absolute Gasteiger partial charge is 0.269 e. The third-order valence-electron chi connectivity index (χ3n) is 3.53. The predicted octanol–water partition coefficient (Wildman–Crippen LogP) is 3.42. The van der Waals surface area contributed by atoms with E-state index in [9.17, 15) is 10.1 Å². The molecule has 0 aliphatic carbocycles. The van der Waals surface area contributed by atoms with Crippen LogP contribution in [0.1, 0.15) is 11.7 Å². The van der Waals surface area contributed by atoms with Gasteiger partial charge in [0.1, 0.15) is 0 Å². The molecular weight excluding hydrogens is 292 g/mol. The second kappa shape index (κ2) is 6.31. The molecule has 115 valence electrons. The Hall–Kier alpha value is -3.15. The number of hydrogen-bond donors (Lipinski definition) is 0. The van der Waals surface area contributed by atoms with Crippen LogP contribution in [0.25, 0.3) is 0 Å². The summed E-state index contributed by atoms with van der Waals surface area (Å²) < 4.78 is 0. The lowest BCUT2D eigenvalue weighted by Gasteiger charge is -2.29. The number of anilines is 1. The van der Waals surface area contributed by atoms with E-state index in [1.807, 2.05) is 41.3 Å². The van der Waals surface area contributed by atoms with Crippen molar-refractivity contribution in [3.05, 3.63) is 82.9 Å². The van der Waals surface area contributed by atoms with Crippen LogP contribution in [0.2, 0.25) is 0 Å². The summed E-state index contributed by atoms with van der Waals surface area (Å²) in [6.45, 7) is 4.29. The molecule has 1 atom stereocenters. The molecule has 1 aliphatic rings. The first kappa shape index (κ1) is 14.8. The minimum absolute atomic E-state index is 0.0564. The number of nitro groups is 1. The van der Waals surface area contributed by atoms with Crippen LogP contribution in [-0.2, 0) is 0 Å². The van der Waals surface area contributed by atoms with E-state index < -0.39 is 4.92 Å². The van der Waals surface area contributed by atoms with Crippen molar-refractivity contribution in [1.29, 1.82) is 0 Å². The van der Waals surface area contributed by atoms with Gasteiger partial charge in [-0.05, 0) is 12.1 Å². The van der Waals surface area contributed by atoms with Crippen LogP contribution in [0.15, 0.2) is 72.4 Å². The van der Waals surface area contributed by atoms with Crippen molar-refractivity contribution in [2.75, 3.05) is 11.6 Å². The van der Waals surface area contributed by atoms with Gasteiger partial charge in [0.25, 0.3) is 5.69 Å². The van der Waals surface area contributed by atoms with Crippen LogP contribution in [0.3, 0.4) is 0 Å². The molecule has 0 amide bonds. The average molecular weight is 307 g/mol. The normalized spacial score (nSPS) is 16.6. The molecular formula is C17H15N4O2. The van der Waals surface area contributed by atoms with Crippen molar-refractivity contribution in [1.82, 2.24) is 4.90 Å². The molecule has 2 aromatic carbocycles. The molecule has 2 aromatic rings. The molecule has 0 bridgehead atoms. The zero-order chi connectivity index (χ0) is 16.2. The molecule has 0 N–H and O–H groups in total. The summed E-state index contributed by atoms with van der Waals surface area (Å²) >= 11 is 0. The van der Waals surface area contributed by atoms with Gasteiger partial charge in [0.05, 0.1) is 10.6 Å². The van der Waals surface area contributed by atoms with E-state index in [0.29, 0.717) is 6.54 Å². The van der Waals surface area contributed by atoms with Gasteiger partial charge in [0.15, 0.2) is 12.5 Å². The average Bonchev–Trinajstić information content (AvgIpc) is 3.00. The van der Waals surface area contributed by atoms with Gasteiger partial charge < -0.3 is 4.90 Å². The Morgan fingerprint density at radius 3 is 2.74 bits per heavy atom. The minimum Gasteiger partial charge on any atom is -0.322 e. The number of para-hydroxylation sites is 1. The number of nitrogens with zero attached hydrogens (tertiary/aromatic N) is 4. The highest BCUT2D eigenvalue weighted by Gasteiger charge is 2.31. The quantitative estimate of drug-likeness (QED) is 0.482. The summed E-state index contributed by atoms with van der Waals surface area (Å²) in [6, 6.07) is 16.2. The van der Waals surface area contributed by atoms with Crippen molar-refractivity contribution in [2.45, 2.75) is 6.17 Å². The van der Waals surface area contributed by atoms with E-state index >= 15 is 0 Å². The monoisotopic (exact) mass is 307 g/mol. The maximum atomic E-state index is 11.0. The number of rotatable bonds is 5. The Bertz CT molecular complexity index is 745. The Kier molecular flexibility index (Phi) is 4.05. The van der Waals surface area contributed by atoms with Gasteiger partial charge in [-0.25, -0.2) is 5.01 Å². The van der Waals surface area contributed by atoms with Crippen LogP contribution in [0.5, 0.6) is 0 Å². The highest BCUT2D eigenvalue weighted by molar-refractivity contribution is 5.66. The van der Waals surface area contributed by atoms with E-state index in [1.165, 1.54) is 6.07 Å². The molecule has 1 unspecified atom stereocenters. The molecule has 23 heavy (non-hydrogen) atoms. The molecule has 1 aliphatic heterocycles. The first-order valence-electron chi connectivity index (χ1n) is 7.13. The lowest BCUT2D eigenvalue weighted by molar-refractivity contribution is -0.384. The van der Waals surface area contributed by atoms with E-state index in [2.05, 4.69) is 18.0 Å². The number of benzene rings is 2. The number of hydrogen-bond acceptors (Lipinski definition) is 5. The topological polar surface area (TPSA) is 62.0 Å². The van der Waals surface area contributed by atoms with Gasteiger partial charge in [-0.3, -0.25) is 10.1 Å². The van der Waals surface area contributed by atoms with Crippen LogP contribution >= 0.6 is 0 Å². The number of nitro benzene ring substituents is 1. The van der Waals surface area contributed by atoms with Crippen LogP contribution < -0.4 is 5.01 Å². The Labute approximate surface area is 134 Å². The van der Waals surface area contributed by atoms with Gasteiger partial charge in [0.2, 0.25) is 0 Å². The number of non-ortho nitro benzene ring substituents is 1. The first-order chi connectivity index (χ1) is 11.2. The van der Waals surface area contributed by atoms with Crippen molar-refractivity contribution in [3.8, 4) is 0 Å². The van der Waals surface area contributed by atoms with Crippen LogP contribution in [-0.4, -0.2) is 22.7 Å². The van der Waals surface area contributed by atoms with Crippen molar-refractivity contribution >= 4 is 17.7 Å². The molecule has 6 nitrogen and oxygen atoms in total. The fraction of sp³-hybridized carbons (Fsp3) is 0.118. The SMILES string of the molecule is C=CCN1[C]=NN(c2ccccc2)C1c1cccc([N+](=O)[O-])c1. The fourth-order valence-corrected chi connectivity index (χ4v) is 2.53. The third-order valence-corrected chi connectivity index (χ3v) is 3.53. The first-order valence-corrected chi connectivity index (χ1v) is 7.13. The highest BCUT2D eigenvalue weighted by Crippen LogP contribution is 2.34. The zero-order valence-electron chi connectivity index (χ0n) is 12.4. The van der Waals surface area contributed by atoms with Gasteiger partial charge in [0, 0.05) is 24.2 Å². The van der Waals surface area contributed by atoms with Crippen molar-refractivity contribution in [3.63, 3.8) is 0 Å². The second-order valence-corrected chi connectivity index (χ2v) is 5.05. The Balaban J connectivity index is 2.01. The van der Waals surface area contributed by atoms with Crippen LogP contribution in [0, 0.1) is 10.1 Å². The summed E-state index contributed by atoms with van der Waals surface area (Å²) in [5, 5.41) is 17.2. The fourth-order valence-electron chi connectivity index (χ4n) is 2.53. The molecule has 0 saturated carbocycles. The van der Waals surface area contributed by atoms with E-state index in [1.54, 1.807) is 23.2 Å². The van der Waals surface area contributed by atoms with Crippen molar-refractivity contribution in [2.24, 2.45) is 5.10 Å². The standard InChI is InChI=1S/C17H15N4O2/c1-2-11-19-13-18-20(15-8-4-3-5-9-15)17(19)14-7-6-10-16(12-14)21(22)23/h2-10,12,17H,1,11H2. The van der Waals surface area contributed by atoms with Gasteiger partial charge >= 0.3 is 0 Å². The molecule has 0 saturated heterocycles. The third kappa shape index (κ3) is 2.91. The molecule has 1 radical (unpaired) electrons. The molecule has 0 spiro atoms. The lowest BCUT2D eigenvalue weighted by Crippen LogP contribution is -2.32. The molecule has 0 fully saturated rings. The lowest BCUT2D eigenvalue weighted by atomic mass is 10.1. The largest absolute Gasteiger partial charge is 0.322 e. The van der Waals surface area contributed by atoms with Crippen LogP contribution in [0.4, 0.5) is 11.4 Å². The second-order valence-electron chi connectivity index (χ2n) is 5.05. The van der Waals surface area contributed by atoms with E-state index in [0.717, 1.165) is 11.3 Å². The summed E-state index contributed by atoms with van der Waals surface area (Å²) in [7, 11) is 0. The Morgan fingerprint density at radius 2 is 2.04 bits per heavy atom. The number of hydrazone groups is 1. The molecule has 0 aromatic heterocycles. The molecule has 3 rings (SSSR count). The summed E-state index contributed by atoms with van der Waals surface area (Å²) in [5.74, 6) is 0. The maximum absolute atomic E-state index is 11.0. The van der Waals surface area contributed by atoms with Crippen molar-refractivity contribution < 1.29 is 4.92 Å². The molecule has 1 heterocycles. The van der Waals surface area contributed by atoms with Gasteiger partial charge in [-0.1, -0.05) is 36.4 Å². The zero-order valence-corrected chi connectivity index (χ0v) is 12.4. The highest BCUT2D eigenvalue weighted by atomic mass is 16.6. The van der Waals surface area contributed by atoms with E-state index in [4.69, 9.17) is 0 Å². The molecule has 6 heteroatoms. The van der Waals surface area contributed by atoms with Gasteiger partial charge in [-0.2, -0.15) is 0 Å². The Morgan fingerprint density at radius 1 is 1.26 bits per heavy atom. The van der Waals surface area contributed by atoms with Gasteiger partial charge in [-0.15, -0.1) is 11.7 Å². The summed E-state index contributed by atoms with van der Waals surface area (Å²) in [6.07, 6.45) is 4.40. The maximum Gasteiger partial charge on any atom is 0.269 e. The predicted molar refractivity (Wildman–Crippen MR) is 89.1 cm³/mol. The summed E-state index contributed by atoms with van der Waals surface area (Å²) in [4.78, 5) is 12.5.